The predicted octanol–water partition coefficient (Wildman–Crippen LogP) is 2.20. The SMILES string of the molecule is CC12CCC[C@@H]1C2. The zero-order valence-electron chi connectivity index (χ0n) is 4.91. The van der Waals surface area contributed by atoms with E-state index in [-0.39, 0.29) is 0 Å². The van der Waals surface area contributed by atoms with Crippen molar-refractivity contribution in [2.24, 2.45) is 11.3 Å². The van der Waals surface area contributed by atoms with Gasteiger partial charge < -0.3 is 0 Å². The second kappa shape index (κ2) is 0.888. The lowest BCUT2D eigenvalue weighted by molar-refractivity contribution is 0.547. The van der Waals surface area contributed by atoms with Crippen molar-refractivity contribution in [3.05, 3.63) is 0 Å². The van der Waals surface area contributed by atoms with Gasteiger partial charge in [0.15, 0.2) is 0 Å². The summed E-state index contributed by atoms with van der Waals surface area (Å²) in [7, 11) is 0. The Balaban J connectivity index is 2.17. The molecule has 2 atom stereocenters. The van der Waals surface area contributed by atoms with Crippen molar-refractivity contribution in [1.29, 1.82) is 0 Å². The van der Waals surface area contributed by atoms with E-state index in [1.807, 2.05) is 0 Å². The third-order valence-electron chi connectivity index (χ3n) is 2.84. The van der Waals surface area contributed by atoms with Gasteiger partial charge in [-0.1, -0.05) is 13.3 Å². The Kier molecular flexibility index (Phi) is 0.499. The van der Waals surface area contributed by atoms with Crippen molar-refractivity contribution in [2.75, 3.05) is 0 Å². The molecule has 1 unspecified atom stereocenters. The molecule has 7 heavy (non-hydrogen) atoms. The van der Waals surface area contributed by atoms with E-state index in [4.69, 9.17) is 0 Å². The molecule has 2 rings (SSSR count). The molecule has 0 bridgehead atoms. The molecular weight excluding hydrogens is 84.1 g/mol. The van der Waals surface area contributed by atoms with Crippen LogP contribution in [0.1, 0.15) is 32.6 Å². The Labute approximate surface area is 44.9 Å². The van der Waals surface area contributed by atoms with Crippen molar-refractivity contribution >= 4 is 0 Å². The summed E-state index contributed by atoms with van der Waals surface area (Å²) < 4.78 is 0. The second-order valence-electron chi connectivity index (χ2n) is 3.45. The molecule has 2 saturated carbocycles. The van der Waals surface area contributed by atoms with E-state index in [2.05, 4.69) is 6.92 Å². The first-order chi connectivity index (χ1) is 3.31. The van der Waals surface area contributed by atoms with Gasteiger partial charge in [0.2, 0.25) is 0 Å². The third-order valence-corrected chi connectivity index (χ3v) is 2.84. The molecule has 0 nitrogen and oxygen atoms in total. The van der Waals surface area contributed by atoms with Gasteiger partial charge in [-0.25, -0.2) is 0 Å². The Morgan fingerprint density at radius 2 is 2.43 bits per heavy atom. The molecular formula is C7H12. The zero-order chi connectivity index (χ0) is 4.91. The highest BCUT2D eigenvalue weighted by Crippen LogP contribution is 2.62. The van der Waals surface area contributed by atoms with Gasteiger partial charge in [-0.3, -0.25) is 0 Å². The standard InChI is InChI=1S/C7H12/c1-7-4-2-3-6(7)5-7/h6H,2-5H2,1H3/t6-,7?/m1/s1. The first-order valence-corrected chi connectivity index (χ1v) is 3.31. The molecule has 0 aromatic rings. The molecule has 0 N–H and O–H groups in total. The lowest BCUT2D eigenvalue weighted by Crippen LogP contribution is -1.85. The molecule has 0 aromatic heterocycles. The summed E-state index contributed by atoms with van der Waals surface area (Å²) in [6.45, 7) is 2.44. The van der Waals surface area contributed by atoms with Crippen LogP contribution < -0.4 is 0 Å². The fraction of sp³-hybridized carbons (Fsp3) is 1.00. The largest absolute Gasteiger partial charge is 0.0594 e. The van der Waals surface area contributed by atoms with Crippen LogP contribution in [0.5, 0.6) is 0 Å². The predicted molar refractivity (Wildman–Crippen MR) is 30.1 cm³/mol. The molecule has 0 heteroatoms. The second-order valence-corrected chi connectivity index (χ2v) is 3.45. The van der Waals surface area contributed by atoms with Crippen LogP contribution in [0.25, 0.3) is 0 Å². The van der Waals surface area contributed by atoms with Crippen LogP contribution in [0.3, 0.4) is 0 Å². The molecule has 0 saturated heterocycles. The molecule has 2 aliphatic carbocycles. The van der Waals surface area contributed by atoms with Crippen LogP contribution >= 0.6 is 0 Å². The summed E-state index contributed by atoms with van der Waals surface area (Å²) in [4.78, 5) is 0. The zero-order valence-corrected chi connectivity index (χ0v) is 4.91. The van der Waals surface area contributed by atoms with Gasteiger partial charge >= 0.3 is 0 Å². The normalized spacial score (nSPS) is 57.0. The molecule has 2 fully saturated rings. The molecule has 0 aliphatic heterocycles. The summed E-state index contributed by atoms with van der Waals surface area (Å²) in [5, 5.41) is 0. The molecule has 0 heterocycles. The van der Waals surface area contributed by atoms with E-state index in [1.165, 1.54) is 19.3 Å². The van der Waals surface area contributed by atoms with Crippen LogP contribution in [-0.2, 0) is 0 Å². The first kappa shape index (κ1) is 3.94. The van der Waals surface area contributed by atoms with E-state index in [9.17, 15) is 0 Å². The van der Waals surface area contributed by atoms with E-state index in [1.54, 1.807) is 6.42 Å². The summed E-state index contributed by atoms with van der Waals surface area (Å²) in [6.07, 6.45) is 6.13. The minimum atomic E-state index is 0.861. The van der Waals surface area contributed by atoms with Crippen LogP contribution in [0.2, 0.25) is 0 Å². The Bertz CT molecular complexity index is 94.2. The molecule has 0 radical (unpaired) electrons. The summed E-state index contributed by atoms with van der Waals surface area (Å²) in [6, 6.07) is 0. The Morgan fingerprint density at radius 1 is 1.57 bits per heavy atom. The highest BCUT2D eigenvalue weighted by molar-refractivity contribution is 5.02. The monoisotopic (exact) mass is 96.1 g/mol. The number of fused-ring (bicyclic) bond motifs is 1. The molecule has 0 amide bonds. The van der Waals surface area contributed by atoms with Crippen LogP contribution in [-0.4, -0.2) is 0 Å². The van der Waals surface area contributed by atoms with E-state index in [0.29, 0.717) is 0 Å². The lowest BCUT2D eigenvalue weighted by Gasteiger charge is -1.96. The van der Waals surface area contributed by atoms with Gasteiger partial charge in [-0.15, -0.1) is 0 Å². The van der Waals surface area contributed by atoms with Crippen LogP contribution in [0.15, 0.2) is 0 Å². The Hall–Kier alpha value is 0. The van der Waals surface area contributed by atoms with Gasteiger partial charge in [0.1, 0.15) is 0 Å². The third kappa shape index (κ3) is 0.375. The van der Waals surface area contributed by atoms with Crippen molar-refractivity contribution in [1.82, 2.24) is 0 Å². The van der Waals surface area contributed by atoms with Gasteiger partial charge in [-0.2, -0.15) is 0 Å². The first-order valence-electron chi connectivity index (χ1n) is 3.31. The van der Waals surface area contributed by atoms with Crippen LogP contribution in [0.4, 0.5) is 0 Å². The fourth-order valence-electron chi connectivity index (χ4n) is 2.01. The molecule has 40 valence electrons. The van der Waals surface area contributed by atoms with Crippen molar-refractivity contribution in [3.63, 3.8) is 0 Å². The van der Waals surface area contributed by atoms with Crippen molar-refractivity contribution < 1.29 is 0 Å². The van der Waals surface area contributed by atoms with Gasteiger partial charge in [0.25, 0.3) is 0 Å². The maximum absolute atomic E-state index is 2.44. The van der Waals surface area contributed by atoms with Crippen LogP contribution in [0, 0.1) is 11.3 Å². The summed E-state index contributed by atoms with van der Waals surface area (Å²) >= 11 is 0. The summed E-state index contributed by atoms with van der Waals surface area (Å²) in [5.41, 5.74) is 0.861. The minimum absolute atomic E-state index is 0.861. The quantitative estimate of drug-likeness (QED) is 0.433. The topological polar surface area (TPSA) is 0 Å². The fourth-order valence-corrected chi connectivity index (χ4v) is 2.01. The molecule has 0 aromatic carbocycles. The van der Waals surface area contributed by atoms with E-state index in [0.717, 1.165) is 11.3 Å². The van der Waals surface area contributed by atoms with Gasteiger partial charge in [0, 0.05) is 0 Å². The number of hydrogen-bond donors (Lipinski definition) is 0. The Morgan fingerprint density at radius 3 is 2.57 bits per heavy atom. The average Bonchev–Trinajstić information content (AvgIpc) is 2.09. The molecule has 2 aliphatic rings. The smallest absolute Gasteiger partial charge is 0.0294 e. The van der Waals surface area contributed by atoms with E-state index >= 15 is 0 Å². The van der Waals surface area contributed by atoms with Gasteiger partial charge in [-0.05, 0) is 30.6 Å². The van der Waals surface area contributed by atoms with Crippen molar-refractivity contribution in [3.8, 4) is 0 Å². The highest BCUT2D eigenvalue weighted by Gasteiger charge is 2.52. The lowest BCUT2D eigenvalue weighted by atomic mass is 10.1. The van der Waals surface area contributed by atoms with E-state index < -0.39 is 0 Å². The highest BCUT2D eigenvalue weighted by atomic mass is 14.6. The number of hydrogen-bond acceptors (Lipinski definition) is 0. The van der Waals surface area contributed by atoms with Crippen molar-refractivity contribution in [2.45, 2.75) is 32.6 Å². The minimum Gasteiger partial charge on any atom is -0.0594 e. The summed E-state index contributed by atoms with van der Waals surface area (Å²) in [5.74, 6) is 1.16. The maximum Gasteiger partial charge on any atom is -0.0294 e. The number of rotatable bonds is 0. The average molecular weight is 96.2 g/mol. The molecule has 0 spiro atoms. The maximum atomic E-state index is 2.44. The van der Waals surface area contributed by atoms with Gasteiger partial charge in [0.05, 0.1) is 0 Å².